The summed E-state index contributed by atoms with van der Waals surface area (Å²) in [4.78, 5) is 12.5. The molecule has 144 valence electrons. The predicted molar refractivity (Wildman–Crippen MR) is 115 cm³/mol. The molecule has 28 heavy (non-hydrogen) atoms. The minimum Gasteiger partial charge on any atom is -0.486 e. The number of Topliss-reactive ketones (excluding diaryl/α,β-unsaturated/α-hetero) is 1. The van der Waals surface area contributed by atoms with Crippen LogP contribution in [0.5, 0.6) is 11.5 Å². The molecule has 4 rings (SSSR count). The summed E-state index contributed by atoms with van der Waals surface area (Å²) in [5.41, 5.74) is 1.30. The van der Waals surface area contributed by atoms with E-state index < -0.39 is 0 Å². The zero-order valence-electron chi connectivity index (χ0n) is 14.2. The Hall–Kier alpha value is -1.58. The number of thioether (sulfide) groups is 1. The van der Waals surface area contributed by atoms with Gasteiger partial charge in [0, 0.05) is 5.56 Å². The highest BCUT2D eigenvalue weighted by Gasteiger charge is 2.16. The highest BCUT2D eigenvalue weighted by molar-refractivity contribution is 8.01. The average Bonchev–Trinajstić information content (AvgIpc) is 3.08. The van der Waals surface area contributed by atoms with Gasteiger partial charge in [0.25, 0.3) is 0 Å². The predicted octanol–water partition coefficient (Wildman–Crippen LogP) is 5.72. The van der Waals surface area contributed by atoms with E-state index in [1.807, 2.05) is 0 Å². The van der Waals surface area contributed by atoms with Crippen LogP contribution in [0.2, 0.25) is 10.0 Å². The fourth-order valence-corrected chi connectivity index (χ4v) is 5.07. The first-order chi connectivity index (χ1) is 13.5. The fourth-order valence-electron chi connectivity index (χ4n) is 2.53. The van der Waals surface area contributed by atoms with E-state index in [0.717, 1.165) is 5.69 Å². The van der Waals surface area contributed by atoms with Crippen molar-refractivity contribution in [2.75, 3.05) is 19.0 Å². The molecule has 0 radical (unpaired) electrons. The Morgan fingerprint density at radius 3 is 2.71 bits per heavy atom. The van der Waals surface area contributed by atoms with E-state index in [2.05, 4.69) is 5.10 Å². The van der Waals surface area contributed by atoms with Crippen LogP contribution in [0, 0.1) is 3.95 Å². The summed E-state index contributed by atoms with van der Waals surface area (Å²) in [6, 6.07) is 10.4. The van der Waals surface area contributed by atoms with Crippen molar-refractivity contribution in [2.45, 2.75) is 4.34 Å². The number of carbonyl (C=O) groups is 1. The lowest BCUT2D eigenvalue weighted by Crippen LogP contribution is -2.16. The van der Waals surface area contributed by atoms with Crippen LogP contribution in [0.25, 0.3) is 5.69 Å². The molecule has 0 unspecified atom stereocenters. The van der Waals surface area contributed by atoms with Crippen LogP contribution in [0.1, 0.15) is 10.4 Å². The van der Waals surface area contributed by atoms with E-state index in [-0.39, 0.29) is 11.5 Å². The summed E-state index contributed by atoms with van der Waals surface area (Å²) >= 11 is 20.1. The first kappa shape index (κ1) is 19.7. The number of aromatic nitrogens is 2. The molecule has 3 aromatic rings. The smallest absolute Gasteiger partial charge is 0.184 e. The molecule has 1 aliphatic rings. The molecule has 10 heteroatoms. The highest BCUT2D eigenvalue weighted by Crippen LogP contribution is 2.32. The highest BCUT2D eigenvalue weighted by atomic mass is 35.5. The lowest BCUT2D eigenvalue weighted by atomic mass is 10.1. The van der Waals surface area contributed by atoms with Crippen LogP contribution in [0.4, 0.5) is 0 Å². The van der Waals surface area contributed by atoms with Crippen LogP contribution in [0.3, 0.4) is 0 Å². The Balaban J connectivity index is 1.47. The number of carbonyl (C=O) groups excluding carboxylic acids is 1. The quantitative estimate of drug-likeness (QED) is 0.270. The maximum atomic E-state index is 12.5. The van der Waals surface area contributed by atoms with Gasteiger partial charge in [0.2, 0.25) is 0 Å². The van der Waals surface area contributed by atoms with Gasteiger partial charge in [-0.05, 0) is 48.6 Å². The molecule has 0 fully saturated rings. The van der Waals surface area contributed by atoms with Gasteiger partial charge in [-0.15, -0.1) is 5.10 Å². The van der Waals surface area contributed by atoms with E-state index in [1.165, 1.54) is 23.1 Å². The van der Waals surface area contributed by atoms with Crippen molar-refractivity contribution in [3.63, 3.8) is 0 Å². The Morgan fingerprint density at radius 2 is 1.93 bits per heavy atom. The monoisotopic (exact) mass is 470 g/mol. The number of hydrogen-bond acceptors (Lipinski definition) is 7. The first-order valence-electron chi connectivity index (χ1n) is 8.12. The zero-order chi connectivity index (χ0) is 19.7. The van der Waals surface area contributed by atoms with E-state index in [9.17, 15) is 4.79 Å². The normalized spacial score (nSPS) is 12.8. The fraction of sp³-hybridized carbons (Fsp3) is 0.167. The Kier molecular flexibility index (Phi) is 5.93. The second-order valence-electron chi connectivity index (χ2n) is 5.71. The van der Waals surface area contributed by atoms with Gasteiger partial charge in [0.15, 0.2) is 25.6 Å². The topological polar surface area (TPSA) is 53.4 Å². The molecule has 0 aliphatic carbocycles. The van der Waals surface area contributed by atoms with Crippen molar-refractivity contribution in [3.05, 3.63) is 56.0 Å². The molecule has 0 amide bonds. The Labute approximate surface area is 184 Å². The van der Waals surface area contributed by atoms with Gasteiger partial charge in [-0.2, -0.15) is 0 Å². The van der Waals surface area contributed by atoms with E-state index in [1.54, 1.807) is 41.1 Å². The third-order valence-corrected chi connectivity index (χ3v) is 6.97. The summed E-state index contributed by atoms with van der Waals surface area (Å²) in [7, 11) is 0. The third-order valence-electron chi connectivity index (χ3n) is 3.87. The number of nitrogens with zero attached hydrogens (tertiary/aromatic N) is 2. The van der Waals surface area contributed by atoms with Crippen LogP contribution in [-0.2, 0) is 0 Å². The van der Waals surface area contributed by atoms with E-state index in [4.69, 9.17) is 44.9 Å². The molecule has 1 aromatic heterocycles. The molecule has 5 nitrogen and oxygen atoms in total. The van der Waals surface area contributed by atoms with Crippen molar-refractivity contribution in [3.8, 4) is 17.2 Å². The zero-order valence-corrected chi connectivity index (χ0v) is 18.1. The lowest BCUT2D eigenvalue weighted by molar-refractivity contribution is 0.102. The summed E-state index contributed by atoms with van der Waals surface area (Å²) < 4.78 is 13.9. The van der Waals surface area contributed by atoms with E-state index in [0.29, 0.717) is 48.6 Å². The Morgan fingerprint density at radius 1 is 1.14 bits per heavy atom. The van der Waals surface area contributed by atoms with Crippen molar-refractivity contribution >= 4 is 64.3 Å². The maximum Gasteiger partial charge on any atom is 0.184 e. The molecular formula is C18H12Cl2N2O3S3. The molecule has 1 aliphatic heterocycles. The van der Waals surface area contributed by atoms with Crippen LogP contribution in [0.15, 0.2) is 40.7 Å². The average molecular weight is 471 g/mol. The third kappa shape index (κ3) is 4.21. The standard InChI is InChI=1S/C18H12Cl2N2O3S3/c19-12-3-2-11(8-13(12)20)22-18(26)28-17(21-22)27-9-14(23)10-1-4-15-16(7-10)25-6-5-24-15/h1-4,7-8H,5-6,9H2. The van der Waals surface area contributed by atoms with Gasteiger partial charge in [-0.25, -0.2) is 4.68 Å². The molecule has 0 bridgehead atoms. The molecule has 0 spiro atoms. The van der Waals surface area contributed by atoms with Gasteiger partial charge < -0.3 is 9.47 Å². The van der Waals surface area contributed by atoms with Crippen LogP contribution in [-0.4, -0.2) is 34.5 Å². The van der Waals surface area contributed by atoms with Crippen LogP contribution >= 0.6 is 58.5 Å². The number of ether oxygens (including phenoxy) is 2. The van der Waals surface area contributed by atoms with E-state index >= 15 is 0 Å². The summed E-state index contributed by atoms with van der Waals surface area (Å²) in [5, 5.41) is 5.37. The largest absolute Gasteiger partial charge is 0.486 e. The second kappa shape index (κ2) is 8.42. The summed E-state index contributed by atoms with van der Waals surface area (Å²) in [5.74, 6) is 1.48. The van der Waals surface area contributed by atoms with Crippen molar-refractivity contribution in [1.82, 2.24) is 9.78 Å². The van der Waals surface area contributed by atoms with Crippen molar-refractivity contribution in [2.24, 2.45) is 0 Å². The number of hydrogen-bond donors (Lipinski definition) is 0. The van der Waals surface area contributed by atoms with Crippen molar-refractivity contribution < 1.29 is 14.3 Å². The first-order valence-corrected chi connectivity index (χ1v) is 11.1. The van der Waals surface area contributed by atoms with Gasteiger partial charge in [0.05, 0.1) is 21.5 Å². The Bertz CT molecular complexity index is 1110. The molecule has 0 saturated heterocycles. The second-order valence-corrected chi connectivity index (χ2v) is 9.37. The van der Waals surface area contributed by atoms with Gasteiger partial charge in [0.1, 0.15) is 13.2 Å². The van der Waals surface area contributed by atoms with Crippen molar-refractivity contribution in [1.29, 1.82) is 0 Å². The summed E-state index contributed by atoms with van der Waals surface area (Å²) in [6.45, 7) is 0.997. The minimum absolute atomic E-state index is 0.0239. The molecule has 2 heterocycles. The molecule has 2 aromatic carbocycles. The SMILES string of the molecule is O=C(CSc1nn(-c2ccc(Cl)c(Cl)c2)c(=S)s1)c1ccc2c(c1)OCCO2. The lowest BCUT2D eigenvalue weighted by Gasteiger charge is -2.18. The number of ketones is 1. The maximum absolute atomic E-state index is 12.5. The summed E-state index contributed by atoms with van der Waals surface area (Å²) in [6.07, 6.45) is 0. The molecule has 0 saturated carbocycles. The number of halogens is 2. The van der Waals surface area contributed by atoms with Gasteiger partial charge in [-0.1, -0.05) is 46.3 Å². The molecular weight excluding hydrogens is 459 g/mol. The molecule has 0 N–H and O–H groups in total. The van der Waals surface area contributed by atoms with Gasteiger partial charge >= 0.3 is 0 Å². The van der Waals surface area contributed by atoms with Crippen LogP contribution < -0.4 is 9.47 Å². The number of benzene rings is 2. The number of fused-ring (bicyclic) bond motifs is 1. The minimum atomic E-state index is -0.0239. The number of rotatable bonds is 5. The molecule has 0 atom stereocenters. The van der Waals surface area contributed by atoms with Gasteiger partial charge in [-0.3, -0.25) is 4.79 Å².